The molecule has 5 heteroatoms. The Morgan fingerprint density at radius 3 is 2.86 bits per heavy atom. The number of rotatable bonds is 5. The van der Waals surface area contributed by atoms with Gasteiger partial charge in [0, 0.05) is 19.0 Å². The Morgan fingerprint density at radius 2 is 2.29 bits per heavy atom. The molecule has 0 aliphatic rings. The SMILES string of the molecule is CNCC(O)Cc1ncnn1C(C)C. The lowest BCUT2D eigenvalue weighted by Crippen LogP contribution is -2.27. The first-order valence-corrected chi connectivity index (χ1v) is 4.86. The highest BCUT2D eigenvalue weighted by Gasteiger charge is 2.11. The molecule has 0 spiro atoms. The minimum absolute atomic E-state index is 0.286. The fourth-order valence-corrected chi connectivity index (χ4v) is 1.37. The molecule has 0 saturated heterocycles. The molecule has 1 unspecified atom stereocenters. The van der Waals surface area contributed by atoms with Crippen molar-refractivity contribution in [3.63, 3.8) is 0 Å². The highest BCUT2D eigenvalue weighted by Crippen LogP contribution is 2.06. The molecule has 1 aromatic rings. The minimum Gasteiger partial charge on any atom is -0.391 e. The molecule has 0 aromatic carbocycles. The fourth-order valence-electron chi connectivity index (χ4n) is 1.37. The molecule has 2 N–H and O–H groups in total. The Kier molecular flexibility index (Phi) is 4.03. The quantitative estimate of drug-likeness (QED) is 0.698. The maximum absolute atomic E-state index is 9.58. The largest absolute Gasteiger partial charge is 0.391 e. The second-order valence-corrected chi connectivity index (χ2v) is 3.63. The summed E-state index contributed by atoms with van der Waals surface area (Å²) in [5.74, 6) is 0.836. The second kappa shape index (κ2) is 5.07. The number of nitrogens with one attached hydrogen (secondary N) is 1. The standard InChI is InChI=1S/C9H18N4O/c1-7(2)13-9(11-6-12-13)4-8(14)5-10-3/h6-8,10,14H,4-5H2,1-3H3. The molecule has 0 radical (unpaired) electrons. The molecule has 80 valence electrons. The summed E-state index contributed by atoms with van der Waals surface area (Å²) in [5.41, 5.74) is 0. The Balaban J connectivity index is 2.61. The van der Waals surface area contributed by atoms with Crippen LogP contribution in [0.4, 0.5) is 0 Å². The van der Waals surface area contributed by atoms with Gasteiger partial charge in [0.2, 0.25) is 0 Å². The van der Waals surface area contributed by atoms with E-state index in [1.807, 2.05) is 25.6 Å². The van der Waals surface area contributed by atoms with Gasteiger partial charge in [0.25, 0.3) is 0 Å². The second-order valence-electron chi connectivity index (χ2n) is 3.63. The molecular weight excluding hydrogens is 180 g/mol. The van der Waals surface area contributed by atoms with Gasteiger partial charge in [0.1, 0.15) is 12.2 Å². The van der Waals surface area contributed by atoms with Gasteiger partial charge in [-0.15, -0.1) is 0 Å². The van der Waals surface area contributed by atoms with Crippen LogP contribution in [-0.2, 0) is 6.42 Å². The van der Waals surface area contributed by atoms with Gasteiger partial charge in [-0.05, 0) is 20.9 Å². The van der Waals surface area contributed by atoms with Gasteiger partial charge in [-0.3, -0.25) is 0 Å². The van der Waals surface area contributed by atoms with Gasteiger partial charge in [-0.25, -0.2) is 9.67 Å². The predicted molar refractivity (Wildman–Crippen MR) is 54.0 cm³/mol. The van der Waals surface area contributed by atoms with Crippen LogP contribution >= 0.6 is 0 Å². The number of aromatic nitrogens is 3. The zero-order valence-electron chi connectivity index (χ0n) is 8.94. The third kappa shape index (κ3) is 2.78. The third-order valence-corrected chi connectivity index (χ3v) is 1.99. The summed E-state index contributed by atoms with van der Waals surface area (Å²) in [6.07, 6.45) is 1.67. The predicted octanol–water partition coefficient (Wildman–Crippen LogP) is -0.0182. The maximum Gasteiger partial charge on any atom is 0.138 e. The van der Waals surface area contributed by atoms with E-state index < -0.39 is 6.10 Å². The molecular formula is C9H18N4O. The van der Waals surface area contributed by atoms with Crippen LogP contribution in [0.15, 0.2) is 6.33 Å². The van der Waals surface area contributed by atoms with Crippen LogP contribution in [0.1, 0.15) is 25.7 Å². The zero-order chi connectivity index (χ0) is 10.6. The van der Waals surface area contributed by atoms with Crippen LogP contribution in [0.3, 0.4) is 0 Å². The molecule has 0 aliphatic heterocycles. The number of likely N-dealkylation sites (N-methyl/N-ethyl adjacent to an activating group) is 1. The van der Waals surface area contributed by atoms with Gasteiger partial charge in [0.15, 0.2) is 0 Å². The summed E-state index contributed by atoms with van der Waals surface area (Å²) in [6, 6.07) is 0.286. The first-order chi connectivity index (χ1) is 6.65. The van der Waals surface area contributed by atoms with E-state index in [0.717, 1.165) is 5.82 Å². The minimum atomic E-state index is -0.401. The van der Waals surface area contributed by atoms with Crippen molar-refractivity contribution in [1.82, 2.24) is 20.1 Å². The Labute approximate surface area is 84.2 Å². The Morgan fingerprint density at radius 1 is 1.57 bits per heavy atom. The van der Waals surface area contributed by atoms with E-state index in [0.29, 0.717) is 13.0 Å². The summed E-state index contributed by atoms with van der Waals surface area (Å²) in [4.78, 5) is 4.12. The zero-order valence-corrected chi connectivity index (χ0v) is 8.94. The molecule has 1 atom stereocenters. The van der Waals surface area contributed by atoms with Crippen LogP contribution in [0.25, 0.3) is 0 Å². The molecule has 1 heterocycles. The van der Waals surface area contributed by atoms with E-state index in [1.165, 1.54) is 6.33 Å². The summed E-state index contributed by atoms with van der Waals surface area (Å²) >= 11 is 0. The van der Waals surface area contributed by atoms with Gasteiger partial charge in [-0.2, -0.15) is 5.10 Å². The van der Waals surface area contributed by atoms with Gasteiger partial charge < -0.3 is 10.4 Å². The van der Waals surface area contributed by atoms with Crippen molar-refractivity contribution in [2.24, 2.45) is 0 Å². The van der Waals surface area contributed by atoms with E-state index >= 15 is 0 Å². The number of aliphatic hydroxyl groups is 1. The Bertz CT molecular complexity index is 272. The maximum atomic E-state index is 9.58. The molecule has 0 bridgehead atoms. The molecule has 5 nitrogen and oxygen atoms in total. The molecule has 0 aliphatic carbocycles. The lowest BCUT2D eigenvalue weighted by molar-refractivity contribution is 0.170. The van der Waals surface area contributed by atoms with E-state index in [-0.39, 0.29) is 6.04 Å². The van der Waals surface area contributed by atoms with E-state index in [1.54, 1.807) is 0 Å². The smallest absolute Gasteiger partial charge is 0.138 e. The Hall–Kier alpha value is -0.940. The third-order valence-electron chi connectivity index (χ3n) is 1.99. The first kappa shape index (κ1) is 11.1. The van der Waals surface area contributed by atoms with Crippen LogP contribution in [0, 0.1) is 0 Å². The van der Waals surface area contributed by atoms with Crippen molar-refractivity contribution in [2.45, 2.75) is 32.4 Å². The first-order valence-electron chi connectivity index (χ1n) is 4.86. The number of hydrogen-bond acceptors (Lipinski definition) is 4. The number of aliphatic hydroxyl groups excluding tert-OH is 1. The van der Waals surface area contributed by atoms with E-state index in [9.17, 15) is 5.11 Å². The van der Waals surface area contributed by atoms with Gasteiger partial charge in [-0.1, -0.05) is 0 Å². The molecule has 0 saturated carbocycles. The van der Waals surface area contributed by atoms with E-state index in [4.69, 9.17) is 0 Å². The summed E-state index contributed by atoms with van der Waals surface area (Å²) in [7, 11) is 1.82. The van der Waals surface area contributed by atoms with Crippen molar-refractivity contribution >= 4 is 0 Å². The van der Waals surface area contributed by atoms with Crippen molar-refractivity contribution in [3.05, 3.63) is 12.2 Å². The molecule has 1 rings (SSSR count). The van der Waals surface area contributed by atoms with Crippen molar-refractivity contribution in [3.8, 4) is 0 Å². The van der Waals surface area contributed by atoms with E-state index in [2.05, 4.69) is 15.4 Å². The average Bonchev–Trinajstić information content (AvgIpc) is 2.52. The van der Waals surface area contributed by atoms with Gasteiger partial charge in [0.05, 0.1) is 6.10 Å². The normalized spacial score (nSPS) is 13.5. The van der Waals surface area contributed by atoms with Crippen LogP contribution in [0.5, 0.6) is 0 Å². The van der Waals surface area contributed by atoms with Crippen LogP contribution < -0.4 is 5.32 Å². The summed E-state index contributed by atoms with van der Waals surface area (Å²) in [5, 5.41) is 16.6. The summed E-state index contributed by atoms with van der Waals surface area (Å²) < 4.78 is 1.83. The number of nitrogens with zero attached hydrogens (tertiary/aromatic N) is 3. The topological polar surface area (TPSA) is 63.0 Å². The van der Waals surface area contributed by atoms with Crippen LogP contribution in [0.2, 0.25) is 0 Å². The molecule has 1 aromatic heterocycles. The molecule has 0 fully saturated rings. The number of hydrogen-bond donors (Lipinski definition) is 2. The van der Waals surface area contributed by atoms with Crippen LogP contribution in [-0.4, -0.2) is 39.6 Å². The van der Waals surface area contributed by atoms with Crippen molar-refractivity contribution < 1.29 is 5.11 Å². The molecule has 14 heavy (non-hydrogen) atoms. The monoisotopic (exact) mass is 198 g/mol. The van der Waals surface area contributed by atoms with Crippen molar-refractivity contribution in [2.75, 3.05) is 13.6 Å². The highest BCUT2D eigenvalue weighted by molar-refractivity contribution is 4.89. The average molecular weight is 198 g/mol. The molecule has 0 amide bonds. The highest BCUT2D eigenvalue weighted by atomic mass is 16.3. The lowest BCUT2D eigenvalue weighted by atomic mass is 10.2. The lowest BCUT2D eigenvalue weighted by Gasteiger charge is -2.12. The van der Waals surface area contributed by atoms with Crippen molar-refractivity contribution in [1.29, 1.82) is 0 Å². The van der Waals surface area contributed by atoms with Gasteiger partial charge >= 0.3 is 0 Å². The fraction of sp³-hybridized carbons (Fsp3) is 0.778. The summed E-state index contributed by atoms with van der Waals surface area (Å²) in [6.45, 7) is 4.66.